The second-order valence-electron chi connectivity index (χ2n) is 5.15. The number of halogens is 2. The van der Waals surface area contributed by atoms with Crippen LogP contribution in [0.1, 0.15) is 26.7 Å². The molecule has 1 aliphatic rings. The van der Waals surface area contributed by atoms with Crippen molar-refractivity contribution < 1.29 is 9.13 Å². The highest BCUT2D eigenvalue weighted by molar-refractivity contribution is 6.31. The number of ether oxygens (including phenoxy) is 1. The number of hydrogen-bond acceptors (Lipinski definition) is 2. The zero-order valence-electron chi connectivity index (χ0n) is 10.7. The van der Waals surface area contributed by atoms with E-state index < -0.39 is 0 Å². The second-order valence-corrected chi connectivity index (χ2v) is 5.55. The number of hydrogen-bond donors (Lipinski definition) is 1. The van der Waals surface area contributed by atoms with Gasteiger partial charge in [-0.15, -0.1) is 0 Å². The minimum atomic E-state index is -0.380. The topological polar surface area (TPSA) is 21.3 Å². The molecule has 1 aliphatic heterocycles. The van der Waals surface area contributed by atoms with Crippen LogP contribution in [-0.4, -0.2) is 18.8 Å². The fourth-order valence-corrected chi connectivity index (χ4v) is 2.43. The van der Waals surface area contributed by atoms with E-state index in [0.717, 1.165) is 25.1 Å². The lowest BCUT2D eigenvalue weighted by Gasteiger charge is -2.33. The maximum Gasteiger partial charge on any atom is 0.141 e. The molecule has 2 rings (SSSR count). The zero-order valence-corrected chi connectivity index (χ0v) is 11.5. The highest BCUT2D eigenvalue weighted by Gasteiger charge is 2.24. The first-order valence-electron chi connectivity index (χ1n) is 6.39. The van der Waals surface area contributed by atoms with Crippen molar-refractivity contribution in [2.75, 3.05) is 11.9 Å². The lowest BCUT2D eigenvalue weighted by molar-refractivity contribution is -0.0160. The van der Waals surface area contributed by atoms with Crippen molar-refractivity contribution >= 4 is 17.3 Å². The van der Waals surface area contributed by atoms with E-state index in [1.807, 2.05) is 0 Å². The molecule has 0 radical (unpaired) electrons. The van der Waals surface area contributed by atoms with E-state index in [9.17, 15) is 4.39 Å². The van der Waals surface area contributed by atoms with Gasteiger partial charge in [0.05, 0.1) is 11.1 Å². The Bertz CT molecular complexity index is 411. The Hall–Kier alpha value is -0.800. The van der Waals surface area contributed by atoms with Crippen LogP contribution >= 0.6 is 11.6 Å². The quantitative estimate of drug-likeness (QED) is 0.894. The van der Waals surface area contributed by atoms with Crippen molar-refractivity contribution in [2.24, 2.45) is 5.92 Å². The smallest absolute Gasteiger partial charge is 0.141 e. The minimum absolute atomic E-state index is 0.160. The van der Waals surface area contributed by atoms with Gasteiger partial charge < -0.3 is 10.1 Å². The molecular weight excluding hydrogens is 253 g/mol. The average molecular weight is 272 g/mol. The van der Waals surface area contributed by atoms with Crippen LogP contribution in [0.5, 0.6) is 0 Å². The molecule has 2 nitrogen and oxygen atoms in total. The van der Waals surface area contributed by atoms with Crippen LogP contribution in [0, 0.1) is 11.7 Å². The molecule has 1 saturated heterocycles. The predicted molar refractivity (Wildman–Crippen MR) is 72.6 cm³/mol. The molecule has 100 valence electrons. The fourth-order valence-electron chi connectivity index (χ4n) is 2.25. The fraction of sp³-hybridized carbons (Fsp3) is 0.571. The highest BCUT2D eigenvalue weighted by atomic mass is 35.5. The maximum atomic E-state index is 13.1. The molecule has 1 N–H and O–H groups in total. The highest BCUT2D eigenvalue weighted by Crippen LogP contribution is 2.25. The van der Waals surface area contributed by atoms with Crippen molar-refractivity contribution in [3.8, 4) is 0 Å². The summed E-state index contributed by atoms with van der Waals surface area (Å²) in [6, 6.07) is 5.12. The van der Waals surface area contributed by atoms with Gasteiger partial charge in [0.25, 0.3) is 0 Å². The number of nitrogens with one attached hydrogen (secondary N) is 1. The molecule has 2 unspecified atom stereocenters. The number of benzene rings is 1. The largest absolute Gasteiger partial charge is 0.382 e. The van der Waals surface area contributed by atoms with E-state index in [2.05, 4.69) is 19.2 Å². The lowest BCUT2D eigenvalue weighted by Crippen LogP contribution is -2.36. The van der Waals surface area contributed by atoms with Crippen LogP contribution in [0.2, 0.25) is 5.02 Å². The summed E-state index contributed by atoms with van der Waals surface area (Å²) in [5.74, 6) is 0.139. The van der Waals surface area contributed by atoms with Crippen LogP contribution in [0.3, 0.4) is 0 Å². The van der Waals surface area contributed by atoms with Gasteiger partial charge in [-0.2, -0.15) is 0 Å². The van der Waals surface area contributed by atoms with Crippen LogP contribution in [0.25, 0.3) is 0 Å². The van der Waals surface area contributed by atoms with Crippen LogP contribution < -0.4 is 5.32 Å². The molecule has 2 atom stereocenters. The van der Waals surface area contributed by atoms with E-state index in [4.69, 9.17) is 16.3 Å². The van der Waals surface area contributed by atoms with Crippen molar-refractivity contribution in [3.05, 3.63) is 29.0 Å². The van der Waals surface area contributed by atoms with Gasteiger partial charge in [0.1, 0.15) is 5.82 Å². The molecule has 18 heavy (non-hydrogen) atoms. The van der Waals surface area contributed by atoms with E-state index in [-0.39, 0.29) is 10.8 Å². The Kier molecular flexibility index (Phi) is 4.46. The summed E-state index contributed by atoms with van der Waals surface area (Å²) >= 11 is 5.77. The molecule has 1 fully saturated rings. The number of rotatable bonds is 3. The Morgan fingerprint density at radius 2 is 2.22 bits per heavy atom. The van der Waals surface area contributed by atoms with Crippen molar-refractivity contribution in [1.82, 2.24) is 0 Å². The molecule has 1 heterocycles. The molecule has 0 aromatic heterocycles. The molecule has 4 heteroatoms. The normalized spacial score (nSPS) is 24.3. The van der Waals surface area contributed by atoms with Gasteiger partial charge in [-0.25, -0.2) is 4.39 Å². The average Bonchev–Trinajstić information content (AvgIpc) is 2.34. The summed E-state index contributed by atoms with van der Waals surface area (Å²) in [6.07, 6.45) is 2.25. The van der Waals surface area contributed by atoms with Gasteiger partial charge in [0, 0.05) is 18.3 Å². The Balaban J connectivity index is 1.98. The summed E-state index contributed by atoms with van der Waals surface area (Å²) < 4.78 is 18.8. The van der Waals surface area contributed by atoms with Crippen LogP contribution in [0.4, 0.5) is 10.1 Å². The van der Waals surface area contributed by atoms with Gasteiger partial charge in [-0.05, 0) is 37.0 Å². The summed E-state index contributed by atoms with van der Waals surface area (Å²) in [6.45, 7) is 5.11. The van der Waals surface area contributed by atoms with Crippen LogP contribution in [0.15, 0.2) is 18.2 Å². The Morgan fingerprint density at radius 1 is 1.44 bits per heavy atom. The van der Waals surface area contributed by atoms with Crippen LogP contribution in [-0.2, 0) is 4.74 Å². The third-order valence-electron chi connectivity index (χ3n) is 3.35. The SMILES string of the molecule is CC(C)C1CC(Nc2ccc(F)c(Cl)c2)CCO1. The van der Waals surface area contributed by atoms with E-state index in [1.54, 1.807) is 12.1 Å². The lowest BCUT2D eigenvalue weighted by atomic mass is 9.95. The summed E-state index contributed by atoms with van der Waals surface area (Å²) in [4.78, 5) is 0. The molecule has 1 aromatic rings. The Morgan fingerprint density at radius 3 is 2.89 bits per heavy atom. The van der Waals surface area contributed by atoms with Gasteiger partial charge in [-0.1, -0.05) is 25.4 Å². The maximum absolute atomic E-state index is 13.1. The third-order valence-corrected chi connectivity index (χ3v) is 3.64. The zero-order chi connectivity index (χ0) is 13.1. The monoisotopic (exact) mass is 271 g/mol. The van der Waals surface area contributed by atoms with Crippen molar-refractivity contribution in [2.45, 2.75) is 38.8 Å². The molecule has 1 aromatic carbocycles. The number of anilines is 1. The summed E-state index contributed by atoms with van der Waals surface area (Å²) in [5, 5.41) is 3.56. The molecule has 0 aliphatic carbocycles. The van der Waals surface area contributed by atoms with E-state index in [1.165, 1.54) is 6.07 Å². The molecule has 0 spiro atoms. The summed E-state index contributed by atoms with van der Waals surface area (Å²) in [5.41, 5.74) is 0.871. The standard InChI is InChI=1S/C14H19ClFNO/c1-9(2)14-8-11(5-6-18-14)17-10-3-4-13(16)12(15)7-10/h3-4,7,9,11,14,17H,5-6,8H2,1-2H3. The third kappa shape index (κ3) is 3.36. The van der Waals surface area contributed by atoms with Gasteiger partial charge in [0.2, 0.25) is 0 Å². The molecule has 0 bridgehead atoms. The Labute approximate surface area is 112 Å². The first-order chi connectivity index (χ1) is 8.56. The van der Waals surface area contributed by atoms with E-state index in [0.29, 0.717) is 18.1 Å². The minimum Gasteiger partial charge on any atom is -0.382 e. The summed E-state index contributed by atoms with van der Waals surface area (Å²) in [7, 11) is 0. The van der Waals surface area contributed by atoms with Crippen molar-refractivity contribution in [1.29, 1.82) is 0 Å². The van der Waals surface area contributed by atoms with Gasteiger partial charge in [-0.3, -0.25) is 0 Å². The van der Waals surface area contributed by atoms with Crippen molar-refractivity contribution in [3.63, 3.8) is 0 Å². The molecular formula is C14H19ClFNO. The first-order valence-corrected chi connectivity index (χ1v) is 6.77. The first kappa shape index (κ1) is 13.6. The predicted octanol–water partition coefficient (Wildman–Crippen LogP) is 4.09. The van der Waals surface area contributed by atoms with Gasteiger partial charge >= 0.3 is 0 Å². The second kappa shape index (κ2) is 5.89. The van der Waals surface area contributed by atoms with E-state index >= 15 is 0 Å². The molecule has 0 amide bonds. The van der Waals surface area contributed by atoms with Gasteiger partial charge in [0.15, 0.2) is 0 Å². The molecule has 0 saturated carbocycles.